The number of carbonyl (C=O) groups excluding carboxylic acids is 1. The summed E-state index contributed by atoms with van der Waals surface area (Å²) in [5, 5.41) is 11.4. The Morgan fingerprint density at radius 3 is 3.00 bits per heavy atom. The number of amides is 1. The fraction of sp³-hybridized carbons (Fsp3) is 0.273. The van der Waals surface area contributed by atoms with Crippen molar-refractivity contribution in [2.75, 3.05) is 13.2 Å². The molecular formula is C11H10BrNO5. The van der Waals surface area contributed by atoms with Gasteiger partial charge < -0.3 is 19.9 Å². The molecule has 1 atom stereocenters. The third-order valence-electron chi connectivity index (χ3n) is 2.35. The highest BCUT2D eigenvalue weighted by Crippen LogP contribution is 2.26. The van der Waals surface area contributed by atoms with E-state index in [1.54, 1.807) is 6.07 Å². The molecule has 1 aliphatic rings. The molecule has 7 heteroatoms. The number of carboxylic acid groups (broad SMARTS) is 1. The zero-order chi connectivity index (χ0) is 13.1. The van der Waals surface area contributed by atoms with Crippen LogP contribution in [-0.4, -0.2) is 36.4 Å². The molecule has 1 aromatic rings. The molecule has 0 aliphatic carbocycles. The molecule has 18 heavy (non-hydrogen) atoms. The van der Waals surface area contributed by atoms with Gasteiger partial charge in [-0.25, -0.2) is 9.59 Å². The first-order chi connectivity index (χ1) is 8.56. The number of hydrogen-bond donors (Lipinski definition) is 2. The molecule has 1 aromatic carbocycles. The van der Waals surface area contributed by atoms with Gasteiger partial charge in [0.15, 0.2) is 6.10 Å². The number of carboxylic acids is 1. The Labute approximate surface area is 111 Å². The minimum Gasteiger partial charge on any atom is -0.488 e. The summed E-state index contributed by atoms with van der Waals surface area (Å²) in [6.07, 6.45) is -0.833. The molecule has 1 saturated heterocycles. The van der Waals surface area contributed by atoms with Crippen LogP contribution in [0.15, 0.2) is 22.7 Å². The number of benzene rings is 1. The Morgan fingerprint density at radius 2 is 2.39 bits per heavy atom. The van der Waals surface area contributed by atoms with Crippen LogP contribution in [0.3, 0.4) is 0 Å². The summed E-state index contributed by atoms with van der Waals surface area (Å²) in [6.45, 7) is 0.551. The smallest absolute Gasteiger partial charge is 0.407 e. The Balaban J connectivity index is 2.02. The van der Waals surface area contributed by atoms with Crippen molar-refractivity contribution >= 4 is 28.0 Å². The second kappa shape index (κ2) is 5.26. The van der Waals surface area contributed by atoms with Crippen molar-refractivity contribution in [3.05, 3.63) is 28.2 Å². The van der Waals surface area contributed by atoms with E-state index >= 15 is 0 Å². The predicted octanol–water partition coefficient (Wildman–Crippen LogP) is 1.63. The van der Waals surface area contributed by atoms with Gasteiger partial charge >= 0.3 is 12.1 Å². The standard InChI is InChI=1S/C11H10BrNO5/c12-8-2-1-6(10(14)15)3-9(8)17-5-7-4-13-11(16)18-7/h1-3,7H,4-5H2,(H,13,16)(H,14,15). The van der Waals surface area contributed by atoms with Gasteiger partial charge in [-0.1, -0.05) is 0 Å². The molecule has 2 N–H and O–H groups in total. The SMILES string of the molecule is O=C1NCC(COc2cc(C(=O)O)ccc2Br)O1. The van der Waals surface area contributed by atoms with Crippen LogP contribution in [0.4, 0.5) is 4.79 Å². The molecule has 96 valence electrons. The van der Waals surface area contributed by atoms with E-state index in [-0.39, 0.29) is 18.3 Å². The van der Waals surface area contributed by atoms with E-state index in [2.05, 4.69) is 21.2 Å². The third kappa shape index (κ3) is 2.92. The number of nitrogens with one attached hydrogen (secondary N) is 1. The summed E-state index contributed by atoms with van der Waals surface area (Å²) < 4.78 is 11.0. The van der Waals surface area contributed by atoms with E-state index in [1.807, 2.05) is 0 Å². The lowest BCUT2D eigenvalue weighted by Gasteiger charge is -2.12. The predicted molar refractivity (Wildman–Crippen MR) is 64.9 cm³/mol. The minimum absolute atomic E-state index is 0.134. The van der Waals surface area contributed by atoms with Crippen molar-refractivity contribution < 1.29 is 24.2 Å². The molecule has 1 heterocycles. The second-order valence-corrected chi connectivity index (χ2v) is 4.52. The molecule has 1 fully saturated rings. The Hall–Kier alpha value is -1.76. The lowest BCUT2D eigenvalue weighted by molar-refractivity contribution is 0.0696. The minimum atomic E-state index is -1.03. The van der Waals surface area contributed by atoms with Gasteiger partial charge in [0.05, 0.1) is 16.6 Å². The zero-order valence-electron chi connectivity index (χ0n) is 9.18. The molecule has 6 nitrogen and oxygen atoms in total. The summed E-state index contributed by atoms with van der Waals surface area (Å²) in [6, 6.07) is 4.48. The first kappa shape index (κ1) is 12.7. The molecular weight excluding hydrogens is 306 g/mol. The van der Waals surface area contributed by atoms with Gasteiger partial charge in [0, 0.05) is 0 Å². The average molecular weight is 316 g/mol. The van der Waals surface area contributed by atoms with Crippen molar-refractivity contribution in [3.8, 4) is 5.75 Å². The second-order valence-electron chi connectivity index (χ2n) is 3.67. The largest absolute Gasteiger partial charge is 0.488 e. The lowest BCUT2D eigenvalue weighted by Crippen LogP contribution is -2.22. The van der Waals surface area contributed by atoms with Crippen LogP contribution < -0.4 is 10.1 Å². The van der Waals surface area contributed by atoms with E-state index in [1.165, 1.54) is 12.1 Å². The lowest BCUT2D eigenvalue weighted by atomic mass is 10.2. The molecule has 0 aromatic heterocycles. The number of rotatable bonds is 4. The number of carbonyl (C=O) groups is 2. The summed E-state index contributed by atoms with van der Waals surface area (Å²) in [5.41, 5.74) is 0.134. The number of aromatic carboxylic acids is 1. The first-order valence-electron chi connectivity index (χ1n) is 5.16. The van der Waals surface area contributed by atoms with Crippen LogP contribution in [0, 0.1) is 0 Å². The van der Waals surface area contributed by atoms with Crippen LogP contribution >= 0.6 is 15.9 Å². The van der Waals surface area contributed by atoms with Gasteiger partial charge in [-0.3, -0.25) is 0 Å². The van der Waals surface area contributed by atoms with Gasteiger partial charge in [0.25, 0.3) is 0 Å². The van der Waals surface area contributed by atoms with Crippen molar-refractivity contribution in [3.63, 3.8) is 0 Å². The summed E-state index contributed by atoms with van der Waals surface area (Å²) in [7, 11) is 0. The van der Waals surface area contributed by atoms with Crippen molar-refractivity contribution in [2.45, 2.75) is 6.10 Å². The number of cyclic esters (lactones) is 1. The van der Waals surface area contributed by atoms with Crippen molar-refractivity contribution in [1.82, 2.24) is 5.32 Å². The molecule has 2 rings (SSSR count). The van der Waals surface area contributed by atoms with E-state index in [0.29, 0.717) is 16.8 Å². The normalized spacial score (nSPS) is 18.1. The van der Waals surface area contributed by atoms with Crippen molar-refractivity contribution in [2.24, 2.45) is 0 Å². The summed E-state index contributed by atoms with van der Waals surface area (Å²) in [4.78, 5) is 21.6. The van der Waals surface area contributed by atoms with Crippen LogP contribution in [0.5, 0.6) is 5.75 Å². The molecule has 0 bridgehead atoms. The molecule has 0 spiro atoms. The van der Waals surface area contributed by atoms with E-state index in [4.69, 9.17) is 14.6 Å². The van der Waals surface area contributed by atoms with Crippen molar-refractivity contribution in [1.29, 1.82) is 0 Å². The van der Waals surface area contributed by atoms with E-state index in [9.17, 15) is 9.59 Å². The highest BCUT2D eigenvalue weighted by molar-refractivity contribution is 9.10. The molecule has 1 aliphatic heterocycles. The quantitative estimate of drug-likeness (QED) is 0.882. The Morgan fingerprint density at radius 1 is 1.61 bits per heavy atom. The van der Waals surface area contributed by atoms with Gasteiger partial charge in [-0.2, -0.15) is 0 Å². The third-order valence-corrected chi connectivity index (χ3v) is 3.01. The number of ether oxygens (including phenoxy) is 2. The van der Waals surface area contributed by atoms with Gasteiger partial charge in [0.1, 0.15) is 12.4 Å². The fourth-order valence-electron chi connectivity index (χ4n) is 1.45. The molecule has 0 saturated carbocycles. The zero-order valence-corrected chi connectivity index (χ0v) is 10.8. The number of halogens is 1. The van der Waals surface area contributed by atoms with Crippen LogP contribution in [0.25, 0.3) is 0 Å². The summed E-state index contributed by atoms with van der Waals surface area (Å²) in [5.74, 6) is -0.626. The van der Waals surface area contributed by atoms with Crippen LogP contribution in [-0.2, 0) is 4.74 Å². The average Bonchev–Trinajstić information content (AvgIpc) is 2.74. The van der Waals surface area contributed by atoms with E-state index in [0.717, 1.165) is 0 Å². The van der Waals surface area contributed by atoms with Crippen LogP contribution in [0.1, 0.15) is 10.4 Å². The maximum atomic E-state index is 10.8. The number of hydrogen-bond acceptors (Lipinski definition) is 4. The van der Waals surface area contributed by atoms with Gasteiger partial charge in [0.2, 0.25) is 0 Å². The Kier molecular flexibility index (Phi) is 3.71. The van der Waals surface area contributed by atoms with Gasteiger partial charge in [-0.15, -0.1) is 0 Å². The molecule has 1 amide bonds. The first-order valence-corrected chi connectivity index (χ1v) is 5.95. The monoisotopic (exact) mass is 315 g/mol. The maximum absolute atomic E-state index is 10.8. The maximum Gasteiger partial charge on any atom is 0.407 e. The topological polar surface area (TPSA) is 84.9 Å². The summed E-state index contributed by atoms with van der Waals surface area (Å²) >= 11 is 3.26. The highest BCUT2D eigenvalue weighted by Gasteiger charge is 2.23. The fourth-order valence-corrected chi connectivity index (χ4v) is 1.82. The van der Waals surface area contributed by atoms with Crippen LogP contribution in [0.2, 0.25) is 0 Å². The molecule has 0 radical (unpaired) electrons. The molecule has 1 unspecified atom stereocenters. The highest BCUT2D eigenvalue weighted by atomic mass is 79.9. The van der Waals surface area contributed by atoms with Gasteiger partial charge in [-0.05, 0) is 34.1 Å². The Bertz CT molecular complexity index is 490. The van der Waals surface area contributed by atoms with E-state index < -0.39 is 12.1 Å². The number of alkyl carbamates (subject to hydrolysis) is 1.